The van der Waals surface area contributed by atoms with Crippen LogP contribution in [0.4, 0.5) is 0 Å². The maximum Gasteiger partial charge on any atom is 0.336 e. The Kier molecular flexibility index (Phi) is 16.3. The van der Waals surface area contributed by atoms with Gasteiger partial charge in [-0.25, -0.2) is 28.1 Å². The molecule has 0 aliphatic rings. The van der Waals surface area contributed by atoms with Gasteiger partial charge >= 0.3 is 35.0 Å². The van der Waals surface area contributed by atoms with Gasteiger partial charge in [0.2, 0.25) is 0 Å². The van der Waals surface area contributed by atoms with E-state index < -0.39 is 35.0 Å². The van der Waals surface area contributed by atoms with Gasteiger partial charge in [0.15, 0.2) is 0 Å². The average Bonchev–Trinajstić information content (AvgIpc) is 2.89. The predicted molar refractivity (Wildman–Crippen MR) is 155 cm³/mol. The third-order valence-electron chi connectivity index (χ3n) is 5.69. The second-order valence-corrected chi connectivity index (χ2v) is 12.5. The summed E-state index contributed by atoms with van der Waals surface area (Å²) in [5.41, 5.74) is -2.77. The smallest absolute Gasteiger partial charge is 0.336 e. The van der Waals surface area contributed by atoms with Crippen LogP contribution in [0.2, 0.25) is 0 Å². The lowest BCUT2D eigenvalue weighted by molar-refractivity contribution is -0.144. The molecule has 12 nitrogen and oxygen atoms in total. The first kappa shape index (κ1) is 34.9. The Morgan fingerprint density at radius 1 is 0.564 bits per heavy atom. The highest BCUT2D eigenvalue weighted by Gasteiger charge is 2.18. The van der Waals surface area contributed by atoms with E-state index in [1.54, 1.807) is 0 Å². The second-order valence-electron chi connectivity index (χ2n) is 8.72. The molecule has 0 radical (unpaired) electrons. The van der Waals surface area contributed by atoms with E-state index >= 15 is 0 Å². The first-order chi connectivity index (χ1) is 18.4. The summed E-state index contributed by atoms with van der Waals surface area (Å²) in [5.74, 6) is -1.43. The first-order valence-electron chi connectivity index (χ1n) is 12.4. The van der Waals surface area contributed by atoms with E-state index in [0.717, 1.165) is 13.7 Å². The molecule has 15 heteroatoms. The summed E-state index contributed by atoms with van der Waals surface area (Å²) in [5, 5.41) is 0.132. The summed E-state index contributed by atoms with van der Waals surface area (Å²) in [7, 11) is 0. The summed E-state index contributed by atoms with van der Waals surface area (Å²) >= 11 is 4.50. The Labute approximate surface area is 240 Å². The number of esters is 3. The van der Waals surface area contributed by atoms with Gasteiger partial charge in [0.05, 0.1) is 38.9 Å². The van der Waals surface area contributed by atoms with Gasteiger partial charge in [0.25, 0.3) is 0 Å². The molecule has 1 rings (SSSR count). The summed E-state index contributed by atoms with van der Waals surface area (Å²) in [6.45, 7) is 3.99. The lowest BCUT2D eigenvalue weighted by Crippen LogP contribution is -2.55. The van der Waals surface area contributed by atoms with Gasteiger partial charge in [0, 0.05) is 15.7 Å². The Bertz CT molecular complexity index is 964. The van der Waals surface area contributed by atoms with Crippen molar-refractivity contribution < 1.29 is 28.6 Å². The zero-order valence-corrected chi connectivity index (χ0v) is 25.8. The van der Waals surface area contributed by atoms with Crippen molar-refractivity contribution in [2.24, 2.45) is 0 Å². The van der Waals surface area contributed by atoms with Crippen LogP contribution in [-0.2, 0) is 48.2 Å². The summed E-state index contributed by atoms with van der Waals surface area (Å²) in [6.07, 6.45) is 6.10. The number of hydrogen-bond acceptors (Lipinski definition) is 12. The normalized spacial score (nSPS) is 13.4. The number of nitrogens with zero attached hydrogens (tertiary/aromatic N) is 3. The maximum atomic E-state index is 13.0. The summed E-state index contributed by atoms with van der Waals surface area (Å²) in [4.78, 5) is 75.1. The SMILES string of the molecule is CSC(C)CC(=O)OCCn1c(=O)n(CCOC(=O)CC(C)SC)c(=O)n(CCOC(=O)CC(C)SC)c1=O. The van der Waals surface area contributed by atoms with Crippen molar-refractivity contribution in [2.45, 2.75) is 75.4 Å². The van der Waals surface area contributed by atoms with E-state index in [0.29, 0.717) is 0 Å². The number of thioether (sulfide) groups is 3. The number of carbonyl (C=O) groups excluding carboxylic acids is 3. The molecule has 1 aromatic rings. The van der Waals surface area contributed by atoms with Crippen LogP contribution in [-0.4, -0.2) is 85.9 Å². The zero-order valence-electron chi connectivity index (χ0n) is 23.3. The molecular weight excluding hydrogens is 570 g/mol. The highest BCUT2D eigenvalue weighted by molar-refractivity contribution is 7.99. The van der Waals surface area contributed by atoms with Gasteiger partial charge in [-0.2, -0.15) is 35.3 Å². The minimum absolute atomic E-state index is 0.0441. The predicted octanol–water partition coefficient (Wildman–Crippen LogP) is 1.23. The molecule has 222 valence electrons. The molecule has 3 unspecified atom stereocenters. The summed E-state index contributed by atoms with van der Waals surface area (Å²) in [6, 6.07) is 0. The highest BCUT2D eigenvalue weighted by atomic mass is 32.2. The molecule has 3 atom stereocenters. The van der Waals surface area contributed by atoms with Crippen molar-refractivity contribution in [1.82, 2.24) is 13.7 Å². The van der Waals surface area contributed by atoms with Crippen molar-refractivity contribution >= 4 is 53.2 Å². The third kappa shape index (κ3) is 12.3. The largest absolute Gasteiger partial charge is 0.464 e. The Morgan fingerprint density at radius 2 is 0.795 bits per heavy atom. The minimum atomic E-state index is -0.922. The molecule has 0 aliphatic carbocycles. The molecule has 0 fully saturated rings. The van der Waals surface area contributed by atoms with Crippen molar-refractivity contribution in [3.8, 4) is 0 Å². The van der Waals surface area contributed by atoms with E-state index in [1.807, 2.05) is 39.5 Å². The monoisotopic (exact) mass is 609 g/mol. The number of rotatable bonds is 18. The maximum absolute atomic E-state index is 13.0. The van der Waals surface area contributed by atoms with Gasteiger partial charge in [0.1, 0.15) is 19.8 Å². The Morgan fingerprint density at radius 3 is 1.00 bits per heavy atom. The second kappa shape index (κ2) is 18.3. The van der Waals surface area contributed by atoms with E-state index in [2.05, 4.69) is 0 Å². The topological polar surface area (TPSA) is 145 Å². The fraction of sp³-hybridized carbons (Fsp3) is 0.750. The molecule has 0 saturated carbocycles. The number of aromatic nitrogens is 3. The molecule has 39 heavy (non-hydrogen) atoms. The van der Waals surface area contributed by atoms with Crippen molar-refractivity contribution in [3.05, 3.63) is 31.5 Å². The van der Waals surface area contributed by atoms with Crippen LogP contribution in [0, 0.1) is 0 Å². The van der Waals surface area contributed by atoms with Gasteiger partial charge in [-0.05, 0) is 18.8 Å². The molecule has 0 spiro atoms. The van der Waals surface area contributed by atoms with Crippen LogP contribution in [0.1, 0.15) is 40.0 Å². The van der Waals surface area contributed by atoms with Gasteiger partial charge in [-0.15, -0.1) is 0 Å². The fourth-order valence-corrected chi connectivity index (χ4v) is 4.05. The van der Waals surface area contributed by atoms with Crippen LogP contribution in [0.5, 0.6) is 0 Å². The first-order valence-corrected chi connectivity index (χ1v) is 16.3. The average molecular weight is 610 g/mol. The Hall–Kier alpha value is -2.13. The fourth-order valence-electron chi connectivity index (χ4n) is 3.14. The zero-order chi connectivity index (χ0) is 29.5. The molecule has 1 heterocycles. The van der Waals surface area contributed by atoms with Crippen LogP contribution in [0.25, 0.3) is 0 Å². The van der Waals surface area contributed by atoms with Gasteiger partial charge in [-0.3, -0.25) is 14.4 Å². The molecule has 0 amide bonds. The standard InChI is InChI=1S/C24H39N3O9S3/c1-16(37-4)13-19(28)34-10-7-25-22(31)26(8-11-35-20(29)14-17(2)38-5)24(33)27(23(25)32)9-12-36-21(30)15-18(3)39-6/h16-18H,7-15H2,1-6H3. The van der Waals surface area contributed by atoms with Crippen molar-refractivity contribution in [1.29, 1.82) is 0 Å². The van der Waals surface area contributed by atoms with Crippen molar-refractivity contribution in [3.63, 3.8) is 0 Å². The number of ether oxygens (including phenoxy) is 3. The lowest BCUT2D eigenvalue weighted by Gasteiger charge is -2.15. The Balaban J connectivity index is 3.11. The number of carbonyl (C=O) groups is 3. The van der Waals surface area contributed by atoms with Crippen LogP contribution in [0.15, 0.2) is 14.4 Å². The van der Waals surface area contributed by atoms with E-state index in [-0.39, 0.29) is 74.5 Å². The molecular formula is C24H39N3O9S3. The van der Waals surface area contributed by atoms with Crippen LogP contribution >= 0.6 is 35.3 Å². The van der Waals surface area contributed by atoms with E-state index in [4.69, 9.17) is 14.2 Å². The lowest BCUT2D eigenvalue weighted by atomic mass is 10.3. The van der Waals surface area contributed by atoms with E-state index in [1.165, 1.54) is 35.3 Å². The molecule has 0 bridgehead atoms. The minimum Gasteiger partial charge on any atom is -0.464 e. The van der Waals surface area contributed by atoms with Crippen LogP contribution in [0.3, 0.4) is 0 Å². The third-order valence-corrected chi connectivity index (χ3v) is 8.60. The molecule has 0 aliphatic heterocycles. The van der Waals surface area contributed by atoms with E-state index in [9.17, 15) is 28.8 Å². The highest BCUT2D eigenvalue weighted by Crippen LogP contribution is 2.11. The molecule has 0 saturated heterocycles. The number of hydrogen-bond donors (Lipinski definition) is 0. The van der Waals surface area contributed by atoms with Crippen molar-refractivity contribution in [2.75, 3.05) is 38.6 Å². The molecule has 0 aromatic carbocycles. The molecule has 1 aromatic heterocycles. The van der Waals surface area contributed by atoms with Gasteiger partial charge < -0.3 is 14.2 Å². The molecule has 0 N–H and O–H groups in total. The quantitative estimate of drug-likeness (QED) is 0.174. The summed E-state index contributed by atoms with van der Waals surface area (Å²) < 4.78 is 17.8. The van der Waals surface area contributed by atoms with Crippen LogP contribution < -0.4 is 17.1 Å². The van der Waals surface area contributed by atoms with Gasteiger partial charge in [-0.1, -0.05) is 20.8 Å².